The lowest BCUT2D eigenvalue weighted by atomic mass is 10.1. The van der Waals surface area contributed by atoms with Gasteiger partial charge in [0.25, 0.3) is 0 Å². The molecular formula is C15H13BrClF2NO. The summed E-state index contributed by atoms with van der Waals surface area (Å²) in [7, 11) is 0. The first-order valence-electron chi connectivity index (χ1n) is 6.30. The zero-order valence-electron chi connectivity index (χ0n) is 11.5. The minimum Gasteiger partial charge on any atom is -0.436 e. The molecular weight excluding hydrogens is 364 g/mol. The molecule has 1 heterocycles. The Morgan fingerprint density at radius 1 is 1.24 bits per heavy atom. The largest absolute Gasteiger partial charge is 0.436 e. The predicted molar refractivity (Wildman–Crippen MR) is 82.0 cm³/mol. The van der Waals surface area contributed by atoms with Crippen molar-refractivity contribution in [2.24, 2.45) is 0 Å². The molecule has 2 rings (SSSR count). The summed E-state index contributed by atoms with van der Waals surface area (Å²) < 4.78 is 32.9. The van der Waals surface area contributed by atoms with Crippen molar-refractivity contribution in [1.29, 1.82) is 0 Å². The Bertz CT molecular complexity index is 664. The third kappa shape index (κ3) is 3.92. The Morgan fingerprint density at radius 3 is 2.57 bits per heavy atom. The minimum atomic E-state index is -1.05. The molecule has 21 heavy (non-hydrogen) atoms. The van der Waals surface area contributed by atoms with Gasteiger partial charge in [-0.25, -0.2) is 9.37 Å². The SMILES string of the molecule is CC(C)c1cc(CCl)cc(Oc2cc(Br)cc(F)c2F)n1. The van der Waals surface area contributed by atoms with Crippen LogP contribution in [0.5, 0.6) is 11.6 Å². The van der Waals surface area contributed by atoms with Gasteiger partial charge < -0.3 is 4.74 Å². The zero-order chi connectivity index (χ0) is 15.6. The van der Waals surface area contributed by atoms with E-state index in [0.29, 0.717) is 4.47 Å². The average Bonchev–Trinajstić information content (AvgIpc) is 2.43. The molecule has 1 aromatic heterocycles. The van der Waals surface area contributed by atoms with Gasteiger partial charge in [-0.1, -0.05) is 29.8 Å². The average molecular weight is 377 g/mol. The summed E-state index contributed by atoms with van der Waals surface area (Å²) in [6, 6.07) is 5.85. The summed E-state index contributed by atoms with van der Waals surface area (Å²) in [6.45, 7) is 3.95. The van der Waals surface area contributed by atoms with Gasteiger partial charge in [0.15, 0.2) is 11.6 Å². The molecule has 0 fully saturated rings. The van der Waals surface area contributed by atoms with Gasteiger partial charge >= 0.3 is 0 Å². The van der Waals surface area contributed by atoms with Crippen molar-refractivity contribution in [2.45, 2.75) is 25.6 Å². The summed E-state index contributed by atoms with van der Waals surface area (Å²) in [5.74, 6) is -1.63. The second-order valence-corrected chi connectivity index (χ2v) is 6.01. The molecule has 1 aromatic carbocycles. The van der Waals surface area contributed by atoms with Crippen LogP contribution in [0, 0.1) is 11.6 Å². The summed E-state index contributed by atoms with van der Waals surface area (Å²) in [4.78, 5) is 4.29. The van der Waals surface area contributed by atoms with E-state index in [4.69, 9.17) is 16.3 Å². The van der Waals surface area contributed by atoms with E-state index in [2.05, 4.69) is 20.9 Å². The van der Waals surface area contributed by atoms with Gasteiger partial charge in [-0.2, -0.15) is 4.39 Å². The zero-order valence-corrected chi connectivity index (χ0v) is 13.8. The van der Waals surface area contributed by atoms with E-state index in [9.17, 15) is 8.78 Å². The van der Waals surface area contributed by atoms with Crippen molar-refractivity contribution in [3.05, 3.63) is 51.6 Å². The molecule has 0 aliphatic carbocycles. The fraction of sp³-hybridized carbons (Fsp3) is 0.267. The molecule has 0 N–H and O–H groups in total. The lowest BCUT2D eigenvalue weighted by Crippen LogP contribution is -1.99. The van der Waals surface area contributed by atoms with E-state index in [-0.39, 0.29) is 23.4 Å². The first-order valence-corrected chi connectivity index (χ1v) is 7.62. The fourth-order valence-corrected chi connectivity index (χ4v) is 2.29. The van der Waals surface area contributed by atoms with Gasteiger partial charge in [-0.3, -0.25) is 0 Å². The van der Waals surface area contributed by atoms with Crippen LogP contribution in [0.3, 0.4) is 0 Å². The number of pyridine rings is 1. The number of alkyl halides is 1. The highest BCUT2D eigenvalue weighted by Crippen LogP contribution is 2.30. The second kappa shape index (κ2) is 6.71. The van der Waals surface area contributed by atoms with Crippen LogP contribution in [0.2, 0.25) is 0 Å². The quantitative estimate of drug-likeness (QED) is 0.499. The van der Waals surface area contributed by atoms with Crippen LogP contribution in [0.1, 0.15) is 31.0 Å². The van der Waals surface area contributed by atoms with Crippen LogP contribution >= 0.6 is 27.5 Å². The standard InChI is InChI=1S/C15H13BrClF2NO/c1-8(2)12-3-9(7-17)4-14(20-12)21-13-6-10(16)5-11(18)15(13)19/h3-6,8H,7H2,1-2H3. The first kappa shape index (κ1) is 16.2. The molecule has 0 saturated carbocycles. The van der Waals surface area contributed by atoms with Crippen LogP contribution in [-0.2, 0) is 5.88 Å². The summed E-state index contributed by atoms with van der Waals surface area (Å²) in [6.07, 6.45) is 0. The van der Waals surface area contributed by atoms with E-state index in [1.807, 2.05) is 19.9 Å². The molecule has 0 aliphatic heterocycles. The van der Waals surface area contributed by atoms with E-state index >= 15 is 0 Å². The summed E-state index contributed by atoms with van der Waals surface area (Å²) >= 11 is 8.93. The van der Waals surface area contributed by atoms with E-state index in [1.165, 1.54) is 6.07 Å². The summed E-state index contributed by atoms with van der Waals surface area (Å²) in [5, 5.41) is 0. The molecule has 0 radical (unpaired) electrons. The smallest absolute Gasteiger partial charge is 0.219 e. The van der Waals surface area contributed by atoms with Crippen molar-refractivity contribution < 1.29 is 13.5 Å². The van der Waals surface area contributed by atoms with Gasteiger partial charge in [-0.15, -0.1) is 11.6 Å². The molecule has 0 amide bonds. The molecule has 0 bridgehead atoms. The molecule has 0 spiro atoms. The van der Waals surface area contributed by atoms with Crippen LogP contribution in [-0.4, -0.2) is 4.98 Å². The minimum absolute atomic E-state index is 0.166. The van der Waals surface area contributed by atoms with Crippen molar-refractivity contribution in [3.63, 3.8) is 0 Å². The Labute approximate surface area is 135 Å². The Kier molecular flexibility index (Phi) is 5.17. The second-order valence-electron chi connectivity index (χ2n) is 4.83. The van der Waals surface area contributed by atoms with Gasteiger partial charge in [0.05, 0.1) is 0 Å². The molecule has 112 valence electrons. The van der Waals surface area contributed by atoms with Gasteiger partial charge in [-0.05, 0) is 29.7 Å². The highest BCUT2D eigenvalue weighted by Gasteiger charge is 2.14. The number of nitrogens with zero attached hydrogens (tertiary/aromatic N) is 1. The molecule has 0 aliphatic rings. The number of rotatable bonds is 4. The van der Waals surface area contributed by atoms with Gasteiger partial charge in [0.1, 0.15) is 0 Å². The number of ether oxygens (including phenoxy) is 1. The van der Waals surface area contributed by atoms with Crippen molar-refractivity contribution in [3.8, 4) is 11.6 Å². The van der Waals surface area contributed by atoms with Crippen molar-refractivity contribution in [2.75, 3.05) is 0 Å². The molecule has 2 nitrogen and oxygen atoms in total. The van der Waals surface area contributed by atoms with Crippen molar-refractivity contribution in [1.82, 2.24) is 4.98 Å². The fourth-order valence-electron chi connectivity index (χ4n) is 1.73. The van der Waals surface area contributed by atoms with Crippen LogP contribution in [0.4, 0.5) is 8.78 Å². The normalized spacial score (nSPS) is 11.0. The topological polar surface area (TPSA) is 22.1 Å². The highest BCUT2D eigenvalue weighted by atomic mass is 79.9. The molecule has 0 unspecified atom stereocenters. The Morgan fingerprint density at radius 2 is 1.95 bits per heavy atom. The number of benzene rings is 1. The van der Waals surface area contributed by atoms with Gasteiger partial charge in [0, 0.05) is 22.1 Å². The van der Waals surface area contributed by atoms with E-state index < -0.39 is 11.6 Å². The number of hydrogen-bond acceptors (Lipinski definition) is 2. The highest BCUT2D eigenvalue weighted by molar-refractivity contribution is 9.10. The van der Waals surface area contributed by atoms with Crippen LogP contribution in [0.25, 0.3) is 0 Å². The Hall–Kier alpha value is -1.20. The number of halogens is 4. The lowest BCUT2D eigenvalue weighted by Gasteiger charge is -2.12. The molecule has 2 aromatic rings. The van der Waals surface area contributed by atoms with Crippen LogP contribution < -0.4 is 4.74 Å². The number of hydrogen-bond donors (Lipinski definition) is 0. The lowest BCUT2D eigenvalue weighted by molar-refractivity contribution is 0.403. The molecule has 0 saturated heterocycles. The molecule has 6 heteroatoms. The van der Waals surface area contributed by atoms with E-state index in [0.717, 1.165) is 17.3 Å². The maximum Gasteiger partial charge on any atom is 0.219 e. The number of aromatic nitrogens is 1. The third-order valence-electron chi connectivity index (χ3n) is 2.80. The maximum atomic E-state index is 13.7. The van der Waals surface area contributed by atoms with Gasteiger partial charge in [0.2, 0.25) is 11.7 Å². The maximum absolute atomic E-state index is 13.7. The molecule has 0 atom stereocenters. The van der Waals surface area contributed by atoms with Crippen LogP contribution in [0.15, 0.2) is 28.7 Å². The Balaban J connectivity index is 2.41. The summed E-state index contributed by atoms with van der Waals surface area (Å²) in [5.41, 5.74) is 1.58. The first-order chi connectivity index (χ1) is 9.90. The van der Waals surface area contributed by atoms with E-state index in [1.54, 1.807) is 6.07 Å². The van der Waals surface area contributed by atoms with Crippen molar-refractivity contribution >= 4 is 27.5 Å². The predicted octanol–water partition coefficient (Wildman–Crippen LogP) is 5.78. The monoisotopic (exact) mass is 375 g/mol. The third-order valence-corrected chi connectivity index (χ3v) is 3.57.